The molecule has 2 unspecified atom stereocenters. The smallest absolute Gasteiger partial charge is 0.462 e. The molecule has 0 fully saturated rings. The molecular formula is C69H110NO8P. The van der Waals surface area contributed by atoms with E-state index in [-0.39, 0.29) is 32.6 Å². The molecule has 0 saturated heterocycles. The van der Waals surface area contributed by atoms with E-state index in [1.807, 2.05) is 0 Å². The van der Waals surface area contributed by atoms with E-state index < -0.39 is 32.5 Å². The molecule has 0 aromatic carbocycles. The van der Waals surface area contributed by atoms with Crippen molar-refractivity contribution in [3.63, 3.8) is 0 Å². The Kier molecular flexibility index (Phi) is 58.9. The largest absolute Gasteiger partial charge is 0.472 e. The zero-order chi connectivity index (χ0) is 57.3. The Morgan fingerprint density at radius 2 is 0.658 bits per heavy atom. The zero-order valence-corrected chi connectivity index (χ0v) is 50.4. The van der Waals surface area contributed by atoms with Crippen LogP contribution in [0.1, 0.15) is 219 Å². The van der Waals surface area contributed by atoms with E-state index in [2.05, 4.69) is 184 Å². The van der Waals surface area contributed by atoms with Gasteiger partial charge in [0.05, 0.1) is 13.2 Å². The fourth-order valence-corrected chi connectivity index (χ4v) is 8.42. The summed E-state index contributed by atoms with van der Waals surface area (Å²) in [5.74, 6) is -0.868. The molecule has 0 aliphatic carbocycles. The summed E-state index contributed by atoms with van der Waals surface area (Å²) in [5, 5.41) is 0. The number of hydrogen-bond donors (Lipinski definition) is 2. The van der Waals surface area contributed by atoms with Gasteiger partial charge in [-0.3, -0.25) is 18.6 Å². The van der Waals surface area contributed by atoms with Crippen LogP contribution in [0, 0.1) is 0 Å². The summed E-state index contributed by atoms with van der Waals surface area (Å²) in [6, 6.07) is 0. The lowest BCUT2D eigenvalue weighted by atomic mass is 10.1. The lowest BCUT2D eigenvalue weighted by Crippen LogP contribution is -2.29. The van der Waals surface area contributed by atoms with Gasteiger partial charge in [-0.05, 0) is 128 Å². The van der Waals surface area contributed by atoms with Gasteiger partial charge in [-0.2, -0.15) is 0 Å². The van der Waals surface area contributed by atoms with Crippen molar-refractivity contribution in [2.75, 3.05) is 26.4 Å². The van der Waals surface area contributed by atoms with Gasteiger partial charge in [0.15, 0.2) is 6.10 Å². The highest BCUT2D eigenvalue weighted by Crippen LogP contribution is 2.43. The highest BCUT2D eigenvalue weighted by molar-refractivity contribution is 7.47. The molecule has 0 radical (unpaired) electrons. The second kappa shape index (κ2) is 62.6. The van der Waals surface area contributed by atoms with E-state index in [1.54, 1.807) is 0 Å². The molecule has 0 aliphatic heterocycles. The number of hydrogen-bond acceptors (Lipinski definition) is 8. The van der Waals surface area contributed by atoms with Gasteiger partial charge in [0, 0.05) is 19.4 Å². The molecule has 0 rings (SSSR count). The minimum atomic E-state index is -4.41. The van der Waals surface area contributed by atoms with Gasteiger partial charge >= 0.3 is 19.8 Å². The Morgan fingerprint density at radius 1 is 0.380 bits per heavy atom. The first kappa shape index (κ1) is 74.4. The van der Waals surface area contributed by atoms with Gasteiger partial charge in [-0.15, -0.1) is 0 Å². The average molecular weight is 1110 g/mol. The number of ether oxygens (including phenoxy) is 2. The Morgan fingerprint density at radius 3 is 0.975 bits per heavy atom. The third kappa shape index (κ3) is 62.4. The molecule has 9 nitrogen and oxygen atoms in total. The Bertz CT molecular complexity index is 1890. The predicted octanol–water partition coefficient (Wildman–Crippen LogP) is 19.8. The van der Waals surface area contributed by atoms with Crippen LogP contribution in [0.3, 0.4) is 0 Å². The number of phosphoric acid groups is 1. The maximum Gasteiger partial charge on any atom is 0.472 e. The molecule has 0 aromatic rings. The summed E-state index contributed by atoms with van der Waals surface area (Å²) >= 11 is 0. The summed E-state index contributed by atoms with van der Waals surface area (Å²) < 4.78 is 33.1. The fraction of sp³-hybridized carbons (Fsp3) is 0.565. The molecule has 10 heteroatoms. The number of phosphoric ester groups is 1. The van der Waals surface area contributed by atoms with Crippen molar-refractivity contribution in [1.82, 2.24) is 0 Å². The SMILES string of the molecule is CC/C=C\C/C=C\C/C=C\C/C=C\C/C=C\C/C=C\C/C=C\C/C=C\CCCCCCCCCCC(=O)OC(COC(=O)CCCCCCCC/C=C\C/C=C\C/C=C\C/C=C\C/C=C\C/C=C\CC)COP(=O)(O)OCCN. The van der Waals surface area contributed by atoms with E-state index in [4.69, 9.17) is 24.3 Å². The second-order valence-electron chi connectivity index (χ2n) is 19.5. The van der Waals surface area contributed by atoms with Crippen molar-refractivity contribution in [2.24, 2.45) is 5.73 Å². The number of esters is 2. The van der Waals surface area contributed by atoms with Gasteiger partial charge in [-0.1, -0.05) is 248 Å². The van der Waals surface area contributed by atoms with Gasteiger partial charge in [0.2, 0.25) is 0 Å². The van der Waals surface area contributed by atoms with Crippen LogP contribution in [0.5, 0.6) is 0 Å². The van der Waals surface area contributed by atoms with Gasteiger partial charge in [-0.25, -0.2) is 4.57 Å². The number of nitrogens with two attached hydrogens (primary N) is 1. The van der Waals surface area contributed by atoms with Crippen molar-refractivity contribution in [2.45, 2.75) is 225 Å². The first-order valence-electron chi connectivity index (χ1n) is 30.6. The third-order valence-corrected chi connectivity index (χ3v) is 13.1. The van der Waals surface area contributed by atoms with E-state index in [0.29, 0.717) is 12.8 Å². The Hall–Kier alpha value is -4.63. The van der Waals surface area contributed by atoms with Crippen molar-refractivity contribution in [3.8, 4) is 0 Å². The molecular weight excluding hydrogens is 1000 g/mol. The van der Waals surface area contributed by atoms with E-state index in [0.717, 1.165) is 154 Å². The van der Waals surface area contributed by atoms with Crippen molar-refractivity contribution in [1.29, 1.82) is 0 Å². The standard InChI is InChI=1S/C69H110NO8P/c1-3-5-7-9-11-13-15-17-19-21-23-25-27-29-30-31-32-33-34-35-36-38-40-42-44-46-48-50-52-54-56-58-60-62-69(72)78-67(66-77-79(73,74)76-64-63-70)65-75-68(71)61-59-57-55-53-51-49-47-45-43-41-39-37-28-26-24-22-20-18-16-14-12-10-8-6-4-2/h5-8,11-14,17-20,23-26,29-30,32-33,35-37,39-40,42-43,45,67H,3-4,9-10,15-16,21-22,27-28,31,34,38,41,44,46-66,70H2,1-2H3,(H,73,74)/b7-5-,8-6-,13-11-,14-12-,19-17-,20-18-,25-23-,26-24-,30-29-,33-32-,36-35-,39-37-,42-40-,45-43-. The molecule has 0 aliphatic rings. The second-order valence-corrected chi connectivity index (χ2v) is 20.9. The molecule has 0 saturated carbocycles. The van der Waals surface area contributed by atoms with Gasteiger partial charge in [0.25, 0.3) is 0 Å². The number of carbonyl (C=O) groups is 2. The minimum Gasteiger partial charge on any atom is -0.462 e. The maximum absolute atomic E-state index is 12.7. The van der Waals surface area contributed by atoms with Crippen molar-refractivity contribution < 1.29 is 37.6 Å². The van der Waals surface area contributed by atoms with Gasteiger partial charge in [0.1, 0.15) is 6.61 Å². The first-order chi connectivity index (χ1) is 38.8. The third-order valence-electron chi connectivity index (χ3n) is 12.1. The van der Waals surface area contributed by atoms with Crippen LogP contribution >= 0.6 is 7.82 Å². The lowest BCUT2D eigenvalue weighted by Gasteiger charge is -2.19. The van der Waals surface area contributed by atoms with Crippen LogP contribution in [0.15, 0.2) is 170 Å². The monoisotopic (exact) mass is 1110 g/mol. The van der Waals surface area contributed by atoms with Crippen LogP contribution in [-0.4, -0.2) is 49.3 Å². The Labute approximate surface area is 482 Å². The van der Waals surface area contributed by atoms with Crippen LogP contribution < -0.4 is 5.73 Å². The van der Waals surface area contributed by atoms with Crippen LogP contribution in [0.25, 0.3) is 0 Å². The number of unbranched alkanes of at least 4 members (excludes halogenated alkanes) is 14. The molecule has 0 amide bonds. The number of rotatable bonds is 55. The number of allylic oxidation sites excluding steroid dienone is 28. The van der Waals surface area contributed by atoms with Crippen LogP contribution in [0.2, 0.25) is 0 Å². The highest BCUT2D eigenvalue weighted by atomic mass is 31.2. The minimum absolute atomic E-state index is 0.0398. The molecule has 3 N–H and O–H groups in total. The quantitative estimate of drug-likeness (QED) is 0.0264. The van der Waals surface area contributed by atoms with E-state index in [9.17, 15) is 19.0 Å². The Balaban J connectivity index is 4.08. The predicted molar refractivity (Wildman–Crippen MR) is 339 cm³/mol. The summed E-state index contributed by atoms with van der Waals surface area (Å²) in [6.07, 6.45) is 92.6. The van der Waals surface area contributed by atoms with Crippen LogP contribution in [-0.2, 0) is 32.7 Å². The first-order valence-corrected chi connectivity index (χ1v) is 32.1. The zero-order valence-electron chi connectivity index (χ0n) is 49.5. The lowest BCUT2D eigenvalue weighted by molar-refractivity contribution is -0.161. The van der Waals surface area contributed by atoms with E-state index >= 15 is 0 Å². The summed E-state index contributed by atoms with van der Waals surface area (Å²) in [5.41, 5.74) is 5.39. The van der Waals surface area contributed by atoms with Crippen molar-refractivity contribution >= 4 is 19.8 Å². The molecule has 2 atom stereocenters. The summed E-state index contributed by atoms with van der Waals surface area (Å²) in [6.45, 7) is 3.46. The van der Waals surface area contributed by atoms with Crippen LogP contribution in [0.4, 0.5) is 0 Å². The highest BCUT2D eigenvalue weighted by Gasteiger charge is 2.26. The molecule has 0 bridgehead atoms. The normalized spacial score (nSPS) is 14.2. The fourth-order valence-electron chi connectivity index (χ4n) is 7.65. The summed E-state index contributed by atoms with van der Waals surface area (Å²) in [4.78, 5) is 35.3. The molecule has 444 valence electrons. The molecule has 0 spiro atoms. The van der Waals surface area contributed by atoms with Crippen molar-refractivity contribution in [3.05, 3.63) is 170 Å². The van der Waals surface area contributed by atoms with Gasteiger partial charge < -0.3 is 20.1 Å². The maximum atomic E-state index is 12.7. The summed E-state index contributed by atoms with van der Waals surface area (Å²) in [7, 11) is -4.41. The molecule has 0 aromatic heterocycles. The number of carbonyl (C=O) groups excluding carboxylic acids is 2. The molecule has 0 heterocycles. The topological polar surface area (TPSA) is 134 Å². The molecule has 79 heavy (non-hydrogen) atoms. The average Bonchev–Trinajstić information content (AvgIpc) is 3.44. The van der Waals surface area contributed by atoms with E-state index in [1.165, 1.54) is 25.7 Å².